The van der Waals surface area contributed by atoms with Crippen molar-refractivity contribution in [3.63, 3.8) is 0 Å². The second kappa shape index (κ2) is 7.33. The van der Waals surface area contributed by atoms with Gasteiger partial charge in [0.05, 0.1) is 12.2 Å². The highest BCUT2D eigenvalue weighted by atomic mass is 16.4. The van der Waals surface area contributed by atoms with Gasteiger partial charge < -0.3 is 20.1 Å². The summed E-state index contributed by atoms with van der Waals surface area (Å²) >= 11 is 0. The van der Waals surface area contributed by atoms with E-state index in [1.807, 2.05) is 0 Å². The molecule has 0 bridgehead atoms. The number of carboxylic acids is 1. The maximum atomic E-state index is 13.6. The maximum Gasteiger partial charge on any atom is 0.139 e. The number of fused-ring (bicyclic) bond motifs is 5. The average Bonchev–Trinajstić information content (AvgIpc) is 3.01. The van der Waals surface area contributed by atoms with Gasteiger partial charge in [-0.2, -0.15) is 0 Å². The number of aliphatic hydroxyl groups excluding tert-OH is 2. The Bertz CT molecular complexity index is 676. The zero-order chi connectivity index (χ0) is 21.1. The van der Waals surface area contributed by atoms with Crippen molar-refractivity contribution in [3.8, 4) is 0 Å². The summed E-state index contributed by atoms with van der Waals surface area (Å²) in [6.45, 7) is 6.49. The van der Waals surface area contributed by atoms with Gasteiger partial charge in [-0.15, -0.1) is 0 Å². The van der Waals surface area contributed by atoms with Gasteiger partial charge >= 0.3 is 0 Å². The van der Waals surface area contributed by atoms with Crippen molar-refractivity contribution in [2.45, 2.75) is 90.8 Å². The molecule has 5 nitrogen and oxygen atoms in total. The molecule has 0 aromatic heterocycles. The van der Waals surface area contributed by atoms with E-state index >= 15 is 0 Å². The van der Waals surface area contributed by atoms with Gasteiger partial charge in [0.1, 0.15) is 5.78 Å². The van der Waals surface area contributed by atoms with Crippen LogP contribution >= 0.6 is 0 Å². The monoisotopic (exact) mass is 405 g/mol. The number of ketones is 1. The molecular weight excluding hydrogens is 368 g/mol. The van der Waals surface area contributed by atoms with Crippen LogP contribution in [0, 0.1) is 46.3 Å². The zero-order valence-electron chi connectivity index (χ0n) is 18.1. The molecule has 0 amide bonds. The highest BCUT2D eigenvalue weighted by Gasteiger charge is 2.65. The van der Waals surface area contributed by atoms with Gasteiger partial charge in [0.25, 0.3) is 0 Å². The third-order valence-corrected chi connectivity index (χ3v) is 10.1. The Morgan fingerprint density at radius 2 is 1.90 bits per heavy atom. The number of carbonyl (C=O) groups is 2. The van der Waals surface area contributed by atoms with Crippen LogP contribution in [0.25, 0.3) is 0 Å². The predicted octanol–water partition coefficient (Wildman–Crippen LogP) is 2.32. The molecule has 4 rings (SSSR count). The molecule has 0 aliphatic heterocycles. The van der Waals surface area contributed by atoms with Crippen molar-refractivity contribution in [3.05, 3.63) is 0 Å². The molecule has 0 spiro atoms. The van der Waals surface area contributed by atoms with Crippen molar-refractivity contribution in [2.75, 3.05) is 0 Å². The SMILES string of the molecule is C[C@H](CCC(=O)[O-])[C@@H]1CC[C@H]2[C@H]3[C@H](O)C[C@H]4C[C@@H](O)CC[C@]4(C)[C@@H]3CC(=O)[C@@]21C. The Morgan fingerprint density at radius 3 is 2.59 bits per heavy atom. The van der Waals surface area contributed by atoms with Crippen LogP contribution in [-0.4, -0.2) is 34.2 Å². The zero-order valence-corrected chi connectivity index (χ0v) is 18.1. The molecule has 0 saturated heterocycles. The van der Waals surface area contributed by atoms with Crippen molar-refractivity contribution >= 4 is 11.8 Å². The fraction of sp³-hybridized carbons (Fsp3) is 0.917. The third kappa shape index (κ3) is 3.18. The van der Waals surface area contributed by atoms with Gasteiger partial charge in [0.2, 0.25) is 0 Å². The van der Waals surface area contributed by atoms with E-state index in [4.69, 9.17) is 0 Å². The van der Waals surface area contributed by atoms with Gasteiger partial charge in [-0.3, -0.25) is 4.79 Å². The Balaban J connectivity index is 1.62. The van der Waals surface area contributed by atoms with Crippen LogP contribution in [0.15, 0.2) is 0 Å². The van der Waals surface area contributed by atoms with E-state index in [1.165, 1.54) is 0 Å². The summed E-state index contributed by atoms with van der Waals surface area (Å²) in [5, 5.41) is 32.3. The number of hydrogen-bond acceptors (Lipinski definition) is 5. The molecule has 4 saturated carbocycles. The van der Waals surface area contributed by atoms with Crippen molar-refractivity contribution in [1.29, 1.82) is 0 Å². The normalized spacial score (nSPS) is 50.4. The fourth-order valence-corrected chi connectivity index (χ4v) is 8.41. The van der Waals surface area contributed by atoms with Crippen molar-refractivity contribution in [2.24, 2.45) is 46.3 Å². The number of aliphatic hydroxyl groups is 2. The Kier molecular flexibility index (Phi) is 5.39. The van der Waals surface area contributed by atoms with Crippen LogP contribution in [0.3, 0.4) is 0 Å². The first-order valence-corrected chi connectivity index (χ1v) is 11.7. The topological polar surface area (TPSA) is 97.7 Å². The summed E-state index contributed by atoms with van der Waals surface area (Å²) in [4.78, 5) is 24.6. The van der Waals surface area contributed by atoms with Gasteiger partial charge in [0.15, 0.2) is 0 Å². The third-order valence-electron chi connectivity index (χ3n) is 10.1. The quantitative estimate of drug-likeness (QED) is 0.748. The van der Waals surface area contributed by atoms with Gasteiger partial charge in [0, 0.05) is 17.8 Å². The van der Waals surface area contributed by atoms with Crippen molar-refractivity contribution in [1.82, 2.24) is 0 Å². The van der Waals surface area contributed by atoms with Crippen LogP contribution in [0.5, 0.6) is 0 Å². The molecule has 29 heavy (non-hydrogen) atoms. The number of Topliss-reactive ketones (excluding diaryl/α,β-unsaturated/α-hetero) is 1. The summed E-state index contributed by atoms with van der Waals surface area (Å²) in [5.41, 5.74) is -0.427. The number of carbonyl (C=O) groups excluding carboxylic acids is 2. The van der Waals surface area contributed by atoms with E-state index in [9.17, 15) is 24.9 Å². The molecule has 4 fully saturated rings. The molecule has 4 aliphatic rings. The lowest BCUT2D eigenvalue weighted by atomic mass is 9.43. The smallest absolute Gasteiger partial charge is 0.139 e. The lowest BCUT2D eigenvalue weighted by molar-refractivity contribution is -0.306. The first kappa shape index (κ1) is 21.3. The van der Waals surface area contributed by atoms with E-state index in [-0.39, 0.29) is 47.5 Å². The first-order chi connectivity index (χ1) is 13.6. The van der Waals surface area contributed by atoms with E-state index in [1.54, 1.807) is 0 Å². The number of carboxylic acid groups (broad SMARTS) is 1. The summed E-state index contributed by atoms with van der Waals surface area (Å²) in [6, 6.07) is 0. The van der Waals surface area contributed by atoms with Crippen molar-refractivity contribution < 1.29 is 24.9 Å². The number of hydrogen-bond donors (Lipinski definition) is 2. The highest BCUT2D eigenvalue weighted by molar-refractivity contribution is 5.87. The molecule has 164 valence electrons. The average molecular weight is 406 g/mol. The molecule has 0 heterocycles. The summed E-state index contributed by atoms with van der Waals surface area (Å²) in [6.07, 6.45) is 5.55. The summed E-state index contributed by atoms with van der Waals surface area (Å²) in [7, 11) is 0. The molecule has 4 aliphatic carbocycles. The standard InChI is InChI=1S/C24H38O5/c1-13(4-7-21(28)29)16-5-6-17-22-18(12-20(27)24(16,17)3)23(2)9-8-15(25)10-14(23)11-19(22)26/h13-19,22,25-26H,4-12H2,1-3H3,(H,28,29)/p-1/t13-,14-,15+,16+,17+,18-,19-,22-,23+,24-/m1/s1. The minimum absolute atomic E-state index is 0.0266. The molecule has 5 heteroatoms. The predicted molar refractivity (Wildman–Crippen MR) is 106 cm³/mol. The van der Waals surface area contributed by atoms with Crippen LogP contribution in [0.1, 0.15) is 78.6 Å². The van der Waals surface area contributed by atoms with Crippen LogP contribution < -0.4 is 5.11 Å². The lowest BCUT2D eigenvalue weighted by Crippen LogP contribution is -2.61. The minimum atomic E-state index is -1.02. The first-order valence-electron chi connectivity index (χ1n) is 11.7. The summed E-state index contributed by atoms with van der Waals surface area (Å²) < 4.78 is 0. The molecule has 2 N–H and O–H groups in total. The molecule has 0 aromatic carbocycles. The Morgan fingerprint density at radius 1 is 1.17 bits per heavy atom. The van der Waals surface area contributed by atoms with E-state index < -0.39 is 17.5 Å². The molecule has 0 radical (unpaired) electrons. The molecule has 0 aromatic rings. The molecule has 10 atom stereocenters. The number of aliphatic carboxylic acids is 1. The Labute approximate surface area is 174 Å². The van der Waals surface area contributed by atoms with E-state index in [2.05, 4.69) is 20.8 Å². The highest BCUT2D eigenvalue weighted by Crippen LogP contribution is 2.67. The van der Waals surface area contributed by atoms with Crippen LogP contribution in [0.2, 0.25) is 0 Å². The lowest BCUT2D eigenvalue weighted by Gasteiger charge is -2.61. The van der Waals surface area contributed by atoms with Gasteiger partial charge in [-0.1, -0.05) is 20.8 Å². The van der Waals surface area contributed by atoms with Gasteiger partial charge in [-0.05, 0) is 92.3 Å². The van der Waals surface area contributed by atoms with Gasteiger partial charge in [-0.25, -0.2) is 0 Å². The number of rotatable bonds is 4. The van der Waals surface area contributed by atoms with E-state index in [0.717, 1.165) is 38.5 Å². The Hall–Kier alpha value is -0.940. The van der Waals surface area contributed by atoms with E-state index in [0.29, 0.717) is 24.5 Å². The second-order valence-corrected chi connectivity index (χ2v) is 11.2. The fourth-order valence-electron chi connectivity index (χ4n) is 8.41. The van der Waals surface area contributed by atoms with Crippen LogP contribution in [0.4, 0.5) is 0 Å². The second-order valence-electron chi connectivity index (χ2n) is 11.2. The minimum Gasteiger partial charge on any atom is -0.550 e. The maximum absolute atomic E-state index is 13.6. The van der Waals surface area contributed by atoms with Crippen LogP contribution in [-0.2, 0) is 9.59 Å². The molecule has 0 unspecified atom stereocenters. The largest absolute Gasteiger partial charge is 0.550 e. The summed E-state index contributed by atoms with van der Waals surface area (Å²) in [5.74, 6) is 0.477. The molecular formula is C24H37O5-.